The van der Waals surface area contributed by atoms with Crippen LogP contribution in [-0.4, -0.2) is 0 Å². The molecule has 0 bridgehead atoms. The van der Waals surface area contributed by atoms with E-state index in [2.05, 4.69) is 228 Å². The quantitative estimate of drug-likeness (QED) is 0.138. The number of para-hydroxylation sites is 1. The molecule has 7 aromatic carbocycles. The van der Waals surface area contributed by atoms with E-state index in [0.29, 0.717) is 0 Å². The molecule has 0 N–H and O–H groups in total. The lowest BCUT2D eigenvalue weighted by molar-refractivity contribution is 0.346. The van der Waals surface area contributed by atoms with Crippen LogP contribution in [0.1, 0.15) is 49.7 Å². The van der Waals surface area contributed by atoms with Crippen LogP contribution in [0.4, 0.5) is 28.4 Å². The van der Waals surface area contributed by atoms with Crippen LogP contribution in [0.3, 0.4) is 0 Å². The first-order valence-electron chi connectivity index (χ1n) is 20.5. The molecule has 7 aromatic rings. The van der Waals surface area contributed by atoms with Crippen LogP contribution in [-0.2, 0) is 5.41 Å². The van der Waals surface area contributed by atoms with Crippen molar-refractivity contribution < 1.29 is 0 Å². The summed E-state index contributed by atoms with van der Waals surface area (Å²) in [6, 6.07) is 68.9. The normalized spacial score (nSPS) is 14.7. The van der Waals surface area contributed by atoms with Crippen LogP contribution in [0.15, 0.2) is 224 Å². The lowest BCUT2D eigenvalue weighted by Crippen LogP contribution is -2.30. The van der Waals surface area contributed by atoms with Crippen LogP contribution in [0.2, 0.25) is 0 Å². The Morgan fingerprint density at radius 1 is 0.333 bits per heavy atom. The van der Waals surface area contributed by atoms with Gasteiger partial charge < -0.3 is 9.80 Å². The number of hydrogen-bond donors (Lipinski definition) is 0. The topological polar surface area (TPSA) is 6.48 Å². The molecule has 0 spiro atoms. The minimum absolute atomic E-state index is 0.0283. The van der Waals surface area contributed by atoms with Gasteiger partial charge >= 0.3 is 0 Å². The van der Waals surface area contributed by atoms with Crippen molar-refractivity contribution >= 4 is 28.4 Å². The maximum absolute atomic E-state index is 2.42. The summed E-state index contributed by atoms with van der Waals surface area (Å²) in [5.41, 5.74) is 14.7. The zero-order chi connectivity index (χ0) is 38.3. The van der Waals surface area contributed by atoms with Gasteiger partial charge in [-0.15, -0.1) is 0 Å². The van der Waals surface area contributed by atoms with Gasteiger partial charge in [0.15, 0.2) is 0 Å². The van der Waals surface area contributed by atoms with Gasteiger partial charge in [-0.25, -0.2) is 0 Å². The second kappa shape index (κ2) is 16.6. The average molecular weight is 737 g/mol. The summed E-state index contributed by atoms with van der Waals surface area (Å²) in [5, 5.41) is 0. The van der Waals surface area contributed by atoms with Crippen molar-refractivity contribution in [2.45, 2.75) is 43.9 Å². The van der Waals surface area contributed by atoms with Crippen molar-refractivity contribution in [2.24, 2.45) is 0 Å². The zero-order valence-corrected chi connectivity index (χ0v) is 32.4. The zero-order valence-electron chi connectivity index (χ0n) is 32.4. The fourth-order valence-electron chi connectivity index (χ4n) is 8.86. The second-order valence-electron chi connectivity index (χ2n) is 15.2. The van der Waals surface area contributed by atoms with Gasteiger partial charge in [-0.1, -0.05) is 171 Å². The van der Waals surface area contributed by atoms with E-state index >= 15 is 0 Å². The number of allylic oxidation sites excluding steroid dienone is 5. The largest absolute Gasteiger partial charge is 0.314 e. The Morgan fingerprint density at radius 2 is 0.737 bits per heavy atom. The number of rotatable bonds is 10. The SMILES string of the molecule is C1=CC=C(N(c2ccc(-c3ccccc3)cc2)c2ccc(C3(c4ccc(N(c5ccccc5)c5ccc(-c6ccccc6)cc5)cc4)CCCCC3)cc2)CC=C1. The van der Waals surface area contributed by atoms with Crippen molar-refractivity contribution in [3.8, 4) is 22.3 Å². The molecule has 0 radical (unpaired) electrons. The van der Waals surface area contributed by atoms with Crippen molar-refractivity contribution in [3.63, 3.8) is 0 Å². The van der Waals surface area contributed by atoms with E-state index in [1.165, 1.54) is 64.0 Å². The Hall–Kier alpha value is -6.64. The molecule has 1 fully saturated rings. The minimum atomic E-state index is -0.0283. The van der Waals surface area contributed by atoms with Crippen LogP contribution < -0.4 is 9.80 Å². The van der Waals surface area contributed by atoms with Crippen molar-refractivity contribution in [2.75, 3.05) is 9.80 Å². The summed E-state index contributed by atoms with van der Waals surface area (Å²) in [6.45, 7) is 0. The molecule has 2 nitrogen and oxygen atoms in total. The Kier molecular flexibility index (Phi) is 10.5. The summed E-state index contributed by atoms with van der Waals surface area (Å²) in [7, 11) is 0. The summed E-state index contributed by atoms with van der Waals surface area (Å²) < 4.78 is 0. The smallest absolute Gasteiger partial charge is 0.0462 e. The highest BCUT2D eigenvalue weighted by molar-refractivity contribution is 5.79. The molecular formula is C55H48N2. The van der Waals surface area contributed by atoms with E-state index in [-0.39, 0.29) is 5.41 Å². The third kappa shape index (κ3) is 7.64. The van der Waals surface area contributed by atoms with Gasteiger partial charge in [-0.3, -0.25) is 0 Å². The summed E-state index contributed by atoms with van der Waals surface area (Å²) in [4.78, 5) is 4.79. The highest BCUT2D eigenvalue weighted by Gasteiger charge is 2.36. The number of nitrogens with zero attached hydrogens (tertiary/aromatic N) is 2. The molecule has 2 aliphatic rings. The molecule has 0 atom stereocenters. The number of hydrogen-bond acceptors (Lipinski definition) is 2. The molecule has 0 amide bonds. The highest BCUT2D eigenvalue weighted by atomic mass is 15.1. The minimum Gasteiger partial charge on any atom is -0.314 e. The Morgan fingerprint density at radius 3 is 1.23 bits per heavy atom. The molecule has 9 rings (SSSR count). The van der Waals surface area contributed by atoms with Crippen LogP contribution in [0, 0.1) is 0 Å². The Balaban J connectivity index is 1.04. The van der Waals surface area contributed by atoms with Crippen LogP contribution >= 0.6 is 0 Å². The molecule has 0 unspecified atom stereocenters. The highest BCUT2D eigenvalue weighted by Crippen LogP contribution is 2.47. The first kappa shape index (κ1) is 36.0. The summed E-state index contributed by atoms with van der Waals surface area (Å²) >= 11 is 0. The van der Waals surface area contributed by atoms with Crippen molar-refractivity contribution in [1.82, 2.24) is 0 Å². The van der Waals surface area contributed by atoms with E-state index in [9.17, 15) is 0 Å². The monoisotopic (exact) mass is 736 g/mol. The molecule has 1 saturated carbocycles. The van der Waals surface area contributed by atoms with Crippen molar-refractivity contribution in [1.29, 1.82) is 0 Å². The van der Waals surface area contributed by atoms with Crippen molar-refractivity contribution in [3.05, 3.63) is 235 Å². The van der Waals surface area contributed by atoms with E-state index in [0.717, 1.165) is 42.0 Å². The Bertz CT molecular complexity index is 2450. The van der Waals surface area contributed by atoms with Crippen LogP contribution in [0.5, 0.6) is 0 Å². The average Bonchev–Trinajstić information content (AvgIpc) is 3.58. The molecule has 278 valence electrons. The third-order valence-electron chi connectivity index (χ3n) is 11.8. The van der Waals surface area contributed by atoms with Gasteiger partial charge in [0.05, 0.1) is 0 Å². The first-order chi connectivity index (χ1) is 28.2. The second-order valence-corrected chi connectivity index (χ2v) is 15.2. The lowest BCUT2D eigenvalue weighted by Gasteiger charge is -2.39. The van der Waals surface area contributed by atoms with Gasteiger partial charge in [-0.2, -0.15) is 0 Å². The van der Waals surface area contributed by atoms with Gasteiger partial charge in [0.2, 0.25) is 0 Å². The maximum atomic E-state index is 2.42. The Labute approximate surface area is 338 Å². The predicted octanol–water partition coefficient (Wildman–Crippen LogP) is 15.3. The predicted molar refractivity (Wildman–Crippen MR) is 242 cm³/mol. The van der Waals surface area contributed by atoms with Gasteiger partial charge in [0.25, 0.3) is 0 Å². The van der Waals surface area contributed by atoms with E-state index in [1.807, 2.05) is 0 Å². The molecular weight excluding hydrogens is 689 g/mol. The molecule has 0 saturated heterocycles. The molecule has 0 aromatic heterocycles. The van der Waals surface area contributed by atoms with E-state index in [4.69, 9.17) is 0 Å². The molecule has 2 heteroatoms. The summed E-state index contributed by atoms with van der Waals surface area (Å²) in [5.74, 6) is 0. The van der Waals surface area contributed by atoms with Gasteiger partial charge in [0, 0.05) is 46.0 Å². The fraction of sp³-hybridized carbons (Fsp3) is 0.127. The number of anilines is 5. The fourth-order valence-corrected chi connectivity index (χ4v) is 8.86. The lowest BCUT2D eigenvalue weighted by atomic mass is 9.65. The van der Waals surface area contributed by atoms with Gasteiger partial charge in [-0.05, 0) is 113 Å². The maximum Gasteiger partial charge on any atom is 0.0462 e. The van der Waals surface area contributed by atoms with Gasteiger partial charge in [0.1, 0.15) is 0 Å². The van der Waals surface area contributed by atoms with Crippen LogP contribution in [0.25, 0.3) is 22.3 Å². The van der Waals surface area contributed by atoms with E-state index < -0.39 is 0 Å². The standard InChI is InChI=1S/C55H48N2/c1-2-12-22-49(21-11-1)56(51-33-25-45(26-34-51)43-17-7-3-8-18-43)53-37-29-47(30-38-53)55(41-15-6-16-42-55)48-31-39-54(40-32-48)57(50-23-13-5-14-24-50)52-35-27-46(28-36-52)44-19-9-4-10-20-44/h1-5,7-14,17-21,23-40H,6,15-16,22,41-42H2. The molecule has 0 aliphatic heterocycles. The summed E-state index contributed by atoms with van der Waals surface area (Å²) in [6.07, 6.45) is 17.8. The molecule has 2 aliphatic carbocycles. The number of benzene rings is 7. The molecule has 0 heterocycles. The van der Waals surface area contributed by atoms with E-state index in [1.54, 1.807) is 0 Å². The third-order valence-corrected chi connectivity index (χ3v) is 11.8. The first-order valence-corrected chi connectivity index (χ1v) is 20.5. The molecule has 57 heavy (non-hydrogen) atoms.